The molecular weight excluding hydrogens is 527 g/mol. The van der Waals surface area contributed by atoms with E-state index in [1.165, 1.54) is 0 Å². The van der Waals surface area contributed by atoms with E-state index in [1.807, 2.05) is 42.7 Å². The van der Waals surface area contributed by atoms with Crippen molar-refractivity contribution in [3.63, 3.8) is 0 Å². The number of rotatable bonds is 9. The van der Waals surface area contributed by atoms with E-state index in [1.54, 1.807) is 53.9 Å². The second-order valence-corrected chi connectivity index (χ2v) is 12.3. The zero-order chi connectivity index (χ0) is 25.8. The number of thioether (sulfide) groups is 2. The molecular formula is C27H29N3O4S3. The number of hydrogen-bond acceptors (Lipinski definition) is 9. The van der Waals surface area contributed by atoms with Crippen LogP contribution < -0.4 is 4.74 Å². The lowest BCUT2D eigenvalue weighted by molar-refractivity contribution is 0.0359. The van der Waals surface area contributed by atoms with Gasteiger partial charge in [-0.15, -0.1) is 10.2 Å². The van der Waals surface area contributed by atoms with Crippen LogP contribution in [0.2, 0.25) is 0 Å². The van der Waals surface area contributed by atoms with E-state index in [4.69, 9.17) is 9.47 Å². The molecule has 2 aromatic carbocycles. The summed E-state index contributed by atoms with van der Waals surface area (Å²) in [6.45, 7) is 2.14. The Bertz CT molecular complexity index is 1220. The van der Waals surface area contributed by atoms with Crippen LogP contribution in [0.15, 0.2) is 57.2 Å². The van der Waals surface area contributed by atoms with E-state index >= 15 is 0 Å². The van der Waals surface area contributed by atoms with Crippen LogP contribution in [0.3, 0.4) is 0 Å². The minimum Gasteiger partial charge on any atom is -0.490 e. The summed E-state index contributed by atoms with van der Waals surface area (Å²) in [5.74, 6) is 1.32. The molecule has 1 unspecified atom stereocenters. The van der Waals surface area contributed by atoms with Gasteiger partial charge >= 0.3 is 5.97 Å². The van der Waals surface area contributed by atoms with Crippen LogP contribution >= 0.6 is 34.9 Å². The molecule has 2 bridgehead atoms. The fraction of sp³-hybridized carbons (Fsp3) is 0.407. The Balaban J connectivity index is 1.16. The van der Waals surface area contributed by atoms with E-state index in [9.17, 15) is 9.59 Å². The molecule has 3 atom stereocenters. The van der Waals surface area contributed by atoms with Crippen LogP contribution in [0, 0.1) is 0 Å². The Morgan fingerprint density at radius 2 is 1.62 bits per heavy atom. The number of esters is 1. The average molecular weight is 556 g/mol. The number of ether oxygens (including phenoxy) is 2. The number of benzene rings is 2. The van der Waals surface area contributed by atoms with Gasteiger partial charge in [0.1, 0.15) is 11.9 Å². The molecule has 2 aliphatic heterocycles. The van der Waals surface area contributed by atoms with Crippen LogP contribution in [-0.4, -0.2) is 58.0 Å². The molecule has 5 rings (SSSR count). The van der Waals surface area contributed by atoms with Gasteiger partial charge in [-0.05, 0) is 68.0 Å². The first-order valence-corrected chi connectivity index (χ1v) is 15.4. The molecule has 194 valence electrons. The summed E-state index contributed by atoms with van der Waals surface area (Å²) in [4.78, 5) is 27.4. The van der Waals surface area contributed by atoms with Gasteiger partial charge in [-0.2, -0.15) is 0 Å². The molecule has 0 saturated carbocycles. The van der Waals surface area contributed by atoms with Crippen molar-refractivity contribution < 1.29 is 19.1 Å². The number of carbonyl (C=O) groups is 2. The maximum Gasteiger partial charge on any atom is 0.338 e. The van der Waals surface area contributed by atoms with Crippen LogP contribution in [0.1, 0.15) is 58.9 Å². The van der Waals surface area contributed by atoms with Crippen LogP contribution in [0.25, 0.3) is 0 Å². The molecule has 1 amide bonds. The van der Waals surface area contributed by atoms with E-state index in [2.05, 4.69) is 15.1 Å². The molecule has 0 aliphatic carbocycles. The maximum atomic E-state index is 13.4. The Morgan fingerprint density at radius 3 is 2.24 bits per heavy atom. The molecule has 7 nitrogen and oxygen atoms in total. The normalized spacial score (nSPS) is 20.6. The van der Waals surface area contributed by atoms with E-state index in [0.717, 1.165) is 57.0 Å². The first-order valence-electron chi connectivity index (χ1n) is 12.4. The number of fused-ring (bicyclic) bond motifs is 2. The highest BCUT2D eigenvalue weighted by Gasteiger charge is 2.44. The van der Waals surface area contributed by atoms with Crippen LogP contribution in [-0.2, 0) is 10.5 Å². The van der Waals surface area contributed by atoms with Gasteiger partial charge < -0.3 is 14.4 Å². The zero-order valence-corrected chi connectivity index (χ0v) is 23.2. The number of amides is 1. The Labute approximate surface area is 229 Å². The monoisotopic (exact) mass is 555 g/mol. The summed E-state index contributed by atoms with van der Waals surface area (Å²) in [6, 6.07) is 15.4. The smallest absolute Gasteiger partial charge is 0.338 e. The van der Waals surface area contributed by atoms with Gasteiger partial charge in [0.2, 0.25) is 0 Å². The number of piperidine rings is 1. The minimum absolute atomic E-state index is 0.0568. The zero-order valence-electron chi connectivity index (χ0n) is 20.8. The van der Waals surface area contributed by atoms with E-state index in [-0.39, 0.29) is 30.1 Å². The van der Waals surface area contributed by atoms with Crippen molar-refractivity contribution in [3.8, 4) is 5.75 Å². The van der Waals surface area contributed by atoms with Crippen molar-refractivity contribution in [1.29, 1.82) is 0 Å². The average Bonchev–Trinajstić information content (AvgIpc) is 3.49. The summed E-state index contributed by atoms with van der Waals surface area (Å²) in [5.41, 5.74) is 2.41. The molecule has 0 spiro atoms. The molecule has 0 N–H and O–H groups in total. The first kappa shape index (κ1) is 26.1. The molecule has 37 heavy (non-hydrogen) atoms. The van der Waals surface area contributed by atoms with E-state index < -0.39 is 0 Å². The predicted octanol–water partition coefficient (Wildman–Crippen LogP) is 5.94. The first-order chi connectivity index (χ1) is 18.0. The van der Waals surface area contributed by atoms with Crippen molar-refractivity contribution in [2.24, 2.45) is 0 Å². The SMILES string of the molecule is CCOC(=O)c1ccc(OC2C[C@H]3CC[C@@H](C2)N3C(=O)c2ccc(CSc3nnc(SC)s3)cc2)cc1. The highest BCUT2D eigenvalue weighted by Crippen LogP contribution is 2.38. The summed E-state index contributed by atoms with van der Waals surface area (Å²) < 4.78 is 13.2. The van der Waals surface area contributed by atoms with Crippen LogP contribution in [0.5, 0.6) is 5.75 Å². The molecule has 3 heterocycles. The Hall–Kier alpha value is -2.56. The van der Waals surface area contributed by atoms with Gasteiger partial charge in [0.05, 0.1) is 12.2 Å². The number of aromatic nitrogens is 2. The van der Waals surface area contributed by atoms with Gasteiger partial charge in [-0.1, -0.05) is 47.0 Å². The largest absolute Gasteiger partial charge is 0.490 e. The summed E-state index contributed by atoms with van der Waals surface area (Å²) in [6.07, 6.45) is 5.70. The topological polar surface area (TPSA) is 81.6 Å². The lowest BCUT2D eigenvalue weighted by atomic mass is 9.98. The third-order valence-electron chi connectivity index (χ3n) is 6.72. The van der Waals surface area contributed by atoms with Gasteiger partial charge in [-0.25, -0.2) is 4.79 Å². The van der Waals surface area contributed by atoms with Gasteiger partial charge in [0, 0.05) is 36.2 Å². The number of carbonyl (C=O) groups excluding carboxylic acids is 2. The fourth-order valence-corrected chi connectivity index (χ4v) is 7.40. The maximum absolute atomic E-state index is 13.4. The van der Waals surface area contributed by atoms with Crippen molar-refractivity contribution in [2.45, 2.75) is 65.2 Å². The van der Waals surface area contributed by atoms with Gasteiger partial charge in [0.25, 0.3) is 5.91 Å². The number of nitrogens with zero attached hydrogens (tertiary/aromatic N) is 3. The van der Waals surface area contributed by atoms with Crippen LogP contribution in [0.4, 0.5) is 0 Å². The Morgan fingerprint density at radius 1 is 0.973 bits per heavy atom. The third-order valence-corrected chi connectivity index (χ3v) is 9.82. The lowest BCUT2D eigenvalue weighted by Gasteiger charge is -2.39. The molecule has 0 radical (unpaired) electrons. The molecule has 3 aromatic rings. The highest BCUT2D eigenvalue weighted by molar-refractivity contribution is 8.02. The van der Waals surface area contributed by atoms with Gasteiger partial charge in [0.15, 0.2) is 8.68 Å². The lowest BCUT2D eigenvalue weighted by Crippen LogP contribution is -2.49. The van der Waals surface area contributed by atoms with Crippen molar-refractivity contribution in [1.82, 2.24) is 15.1 Å². The second-order valence-electron chi connectivity index (χ2n) is 9.08. The second kappa shape index (κ2) is 11.9. The van der Waals surface area contributed by atoms with Gasteiger partial charge in [-0.3, -0.25) is 4.79 Å². The van der Waals surface area contributed by atoms with Crippen molar-refractivity contribution in [3.05, 3.63) is 65.2 Å². The molecule has 10 heteroatoms. The predicted molar refractivity (Wildman–Crippen MR) is 147 cm³/mol. The quantitative estimate of drug-likeness (QED) is 0.237. The Kier molecular flexibility index (Phi) is 8.36. The highest BCUT2D eigenvalue weighted by atomic mass is 32.2. The summed E-state index contributed by atoms with van der Waals surface area (Å²) in [5, 5.41) is 8.34. The molecule has 2 fully saturated rings. The molecule has 1 aromatic heterocycles. The van der Waals surface area contributed by atoms with Crippen molar-refractivity contribution >= 4 is 46.7 Å². The number of hydrogen-bond donors (Lipinski definition) is 0. The minimum atomic E-state index is -0.327. The summed E-state index contributed by atoms with van der Waals surface area (Å²) >= 11 is 4.88. The third kappa shape index (κ3) is 6.13. The molecule has 2 saturated heterocycles. The van der Waals surface area contributed by atoms with Crippen molar-refractivity contribution in [2.75, 3.05) is 12.9 Å². The fourth-order valence-electron chi connectivity index (χ4n) is 5.01. The van der Waals surface area contributed by atoms with E-state index in [0.29, 0.717) is 12.2 Å². The molecule has 2 aliphatic rings. The standard InChI is InChI=1S/C27H29N3O4S3/c1-3-33-25(32)19-8-12-22(13-9-19)34-23-14-20-10-11-21(15-23)30(20)24(31)18-6-4-17(5-7-18)16-36-27-29-28-26(35-2)37-27/h4-9,12-13,20-21,23H,3,10-11,14-16H2,1-2H3/t20-,21+,23?. The summed E-state index contributed by atoms with van der Waals surface area (Å²) in [7, 11) is 0.